The first-order valence-electron chi connectivity index (χ1n) is 7.87. The quantitative estimate of drug-likeness (QED) is 0.764. The Labute approximate surface area is 156 Å². The normalized spacial score (nSPS) is 17.2. The lowest BCUT2D eigenvalue weighted by Gasteiger charge is -2.28. The van der Waals surface area contributed by atoms with E-state index in [2.05, 4.69) is 0 Å². The first-order valence-corrected chi connectivity index (χ1v) is 8.62. The van der Waals surface area contributed by atoms with Crippen LogP contribution in [-0.2, 0) is 14.3 Å². The van der Waals surface area contributed by atoms with Crippen LogP contribution in [0.1, 0.15) is 38.2 Å². The second-order valence-corrected chi connectivity index (χ2v) is 6.24. The molecule has 1 atom stereocenters. The average Bonchev–Trinajstić information content (AvgIpc) is 2.55. The molecule has 1 heterocycles. The molecule has 0 saturated heterocycles. The summed E-state index contributed by atoms with van der Waals surface area (Å²) < 4.78 is 10.8. The molecule has 1 aromatic rings. The molecule has 0 amide bonds. The Morgan fingerprint density at radius 3 is 2.68 bits per heavy atom. The third kappa shape index (κ3) is 3.92. The summed E-state index contributed by atoms with van der Waals surface area (Å²) in [6, 6.07) is 6.91. The summed E-state index contributed by atoms with van der Waals surface area (Å²) in [7, 11) is 0. The van der Waals surface area contributed by atoms with Crippen molar-refractivity contribution in [3.05, 3.63) is 56.6 Å². The number of ether oxygens (including phenoxy) is 2. The number of nitriles is 1. The van der Waals surface area contributed by atoms with Crippen molar-refractivity contribution >= 4 is 29.2 Å². The summed E-state index contributed by atoms with van der Waals surface area (Å²) >= 11 is 12.3. The fourth-order valence-corrected chi connectivity index (χ4v) is 3.23. The van der Waals surface area contributed by atoms with E-state index >= 15 is 0 Å². The van der Waals surface area contributed by atoms with Crippen molar-refractivity contribution < 1.29 is 14.3 Å². The Kier molecular flexibility index (Phi) is 6.35. The standard InChI is InChI=1S/C18H18Cl2N2O3/c1-3-5-14-16(18(23)24-4-2)15(12(9-21)17(22)25-14)11-7-6-10(19)8-13(11)20/h6-8,15H,3-5,22H2,1-2H3. The Morgan fingerprint density at radius 2 is 2.12 bits per heavy atom. The topological polar surface area (TPSA) is 85.3 Å². The van der Waals surface area contributed by atoms with Gasteiger partial charge in [-0.05, 0) is 31.0 Å². The van der Waals surface area contributed by atoms with E-state index in [1.807, 2.05) is 13.0 Å². The molecule has 7 heteroatoms. The molecular formula is C18H18Cl2N2O3. The van der Waals surface area contributed by atoms with Gasteiger partial charge >= 0.3 is 5.97 Å². The Balaban J connectivity index is 2.71. The van der Waals surface area contributed by atoms with E-state index < -0.39 is 11.9 Å². The molecular weight excluding hydrogens is 363 g/mol. The van der Waals surface area contributed by atoms with E-state index in [9.17, 15) is 10.1 Å². The smallest absolute Gasteiger partial charge is 0.338 e. The molecule has 0 bridgehead atoms. The van der Waals surface area contributed by atoms with E-state index in [1.54, 1.807) is 25.1 Å². The van der Waals surface area contributed by atoms with E-state index in [1.165, 1.54) is 0 Å². The molecule has 0 fully saturated rings. The van der Waals surface area contributed by atoms with Gasteiger partial charge in [0.2, 0.25) is 5.88 Å². The SMILES string of the molecule is CCCC1=C(C(=O)OCC)C(c2ccc(Cl)cc2Cl)C(C#N)=C(N)O1. The third-order valence-electron chi connectivity index (χ3n) is 3.74. The Bertz CT molecular complexity index is 794. The lowest BCUT2D eigenvalue weighted by atomic mass is 9.82. The number of nitrogens with zero attached hydrogens (tertiary/aromatic N) is 1. The van der Waals surface area contributed by atoms with Gasteiger partial charge in [-0.1, -0.05) is 36.2 Å². The lowest BCUT2D eigenvalue weighted by Crippen LogP contribution is -2.26. The average molecular weight is 381 g/mol. The van der Waals surface area contributed by atoms with Gasteiger partial charge in [0.1, 0.15) is 17.4 Å². The fraction of sp³-hybridized carbons (Fsp3) is 0.333. The van der Waals surface area contributed by atoms with Crippen LogP contribution in [0.2, 0.25) is 10.0 Å². The van der Waals surface area contributed by atoms with Crippen LogP contribution in [0.3, 0.4) is 0 Å². The lowest BCUT2D eigenvalue weighted by molar-refractivity contribution is -0.139. The van der Waals surface area contributed by atoms with Crippen LogP contribution in [0, 0.1) is 11.3 Å². The molecule has 5 nitrogen and oxygen atoms in total. The molecule has 0 aromatic heterocycles. The summed E-state index contributed by atoms with van der Waals surface area (Å²) in [5, 5.41) is 10.4. The molecule has 1 aliphatic heterocycles. The zero-order valence-electron chi connectivity index (χ0n) is 13.9. The molecule has 2 N–H and O–H groups in total. The van der Waals surface area contributed by atoms with E-state index in [0.29, 0.717) is 27.8 Å². The number of allylic oxidation sites excluding steroid dienone is 2. The highest BCUT2D eigenvalue weighted by atomic mass is 35.5. The minimum atomic E-state index is -0.760. The maximum atomic E-state index is 12.6. The van der Waals surface area contributed by atoms with Crippen LogP contribution >= 0.6 is 23.2 Å². The van der Waals surface area contributed by atoms with E-state index in [0.717, 1.165) is 6.42 Å². The van der Waals surface area contributed by atoms with Crippen molar-refractivity contribution in [3.8, 4) is 6.07 Å². The number of benzene rings is 1. The van der Waals surface area contributed by atoms with Crippen LogP contribution in [0.15, 0.2) is 41.0 Å². The maximum Gasteiger partial charge on any atom is 0.338 e. The molecule has 25 heavy (non-hydrogen) atoms. The zero-order valence-corrected chi connectivity index (χ0v) is 15.4. The maximum absolute atomic E-state index is 12.6. The molecule has 132 valence electrons. The Morgan fingerprint density at radius 1 is 1.40 bits per heavy atom. The van der Waals surface area contributed by atoms with Crippen LogP contribution < -0.4 is 5.73 Å². The van der Waals surface area contributed by atoms with Crippen LogP contribution in [0.5, 0.6) is 0 Å². The minimum Gasteiger partial charge on any atom is -0.463 e. The molecule has 0 spiro atoms. The van der Waals surface area contributed by atoms with Crippen LogP contribution in [0.4, 0.5) is 0 Å². The molecule has 1 aliphatic rings. The molecule has 0 aliphatic carbocycles. The van der Waals surface area contributed by atoms with Crippen molar-refractivity contribution in [2.24, 2.45) is 5.73 Å². The van der Waals surface area contributed by atoms with Gasteiger partial charge in [-0.2, -0.15) is 5.26 Å². The summed E-state index contributed by atoms with van der Waals surface area (Å²) in [6.07, 6.45) is 1.21. The number of hydrogen-bond donors (Lipinski definition) is 1. The van der Waals surface area contributed by atoms with E-state index in [-0.39, 0.29) is 23.6 Å². The molecule has 0 radical (unpaired) electrons. The predicted molar refractivity (Wildman–Crippen MR) is 95.7 cm³/mol. The van der Waals surface area contributed by atoms with Crippen molar-refractivity contribution in [1.82, 2.24) is 0 Å². The van der Waals surface area contributed by atoms with Crippen LogP contribution in [-0.4, -0.2) is 12.6 Å². The van der Waals surface area contributed by atoms with Gasteiger partial charge in [-0.25, -0.2) is 4.79 Å². The summed E-state index contributed by atoms with van der Waals surface area (Å²) in [6.45, 7) is 3.86. The molecule has 1 unspecified atom stereocenters. The van der Waals surface area contributed by atoms with Crippen molar-refractivity contribution in [3.63, 3.8) is 0 Å². The van der Waals surface area contributed by atoms with Gasteiger partial charge in [-0.15, -0.1) is 0 Å². The number of esters is 1. The van der Waals surface area contributed by atoms with Crippen LogP contribution in [0.25, 0.3) is 0 Å². The number of rotatable bonds is 5. The third-order valence-corrected chi connectivity index (χ3v) is 4.31. The molecule has 1 aromatic carbocycles. The highest BCUT2D eigenvalue weighted by molar-refractivity contribution is 6.35. The fourth-order valence-electron chi connectivity index (χ4n) is 2.71. The van der Waals surface area contributed by atoms with E-state index in [4.69, 9.17) is 38.4 Å². The summed E-state index contributed by atoms with van der Waals surface area (Å²) in [4.78, 5) is 12.6. The number of halogens is 2. The highest BCUT2D eigenvalue weighted by Gasteiger charge is 2.38. The van der Waals surface area contributed by atoms with Crippen molar-refractivity contribution in [2.45, 2.75) is 32.6 Å². The number of carbonyl (C=O) groups excluding carboxylic acids is 1. The number of hydrogen-bond acceptors (Lipinski definition) is 5. The van der Waals surface area contributed by atoms with Gasteiger partial charge in [0.05, 0.1) is 18.1 Å². The molecule has 2 rings (SSSR count). The second-order valence-electron chi connectivity index (χ2n) is 5.40. The monoisotopic (exact) mass is 380 g/mol. The van der Waals surface area contributed by atoms with Gasteiger partial charge in [0, 0.05) is 16.5 Å². The second kappa shape index (κ2) is 8.28. The zero-order chi connectivity index (χ0) is 18.6. The van der Waals surface area contributed by atoms with Gasteiger partial charge in [-0.3, -0.25) is 0 Å². The first-order chi connectivity index (χ1) is 11.9. The van der Waals surface area contributed by atoms with Gasteiger partial charge in [0.25, 0.3) is 0 Å². The van der Waals surface area contributed by atoms with Gasteiger partial charge < -0.3 is 15.2 Å². The first kappa shape index (κ1) is 19.2. The van der Waals surface area contributed by atoms with Crippen molar-refractivity contribution in [2.75, 3.05) is 6.61 Å². The predicted octanol–water partition coefficient (Wildman–Crippen LogP) is 4.42. The number of nitrogens with two attached hydrogens (primary N) is 1. The van der Waals surface area contributed by atoms with Gasteiger partial charge in [0.15, 0.2) is 0 Å². The minimum absolute atomic E-state index is 0.0324. The summed E-state index contributed by atoms with van der Waals surface area (Å²) in [5.74, 6) is -0.949. The van der Waals surface area contributed by atoms with Crippen molar-refractivity contribution in [1.29, 1.82) is 5.26 Å². The number of carbonyl (C=O) groups is 1. The molecule has 0 saturated carbocycles. The largest absolute Gasteiger partial charge is 0.463 e. The highest BCUT2D eigenvalue weighted by Crippen LogP contribution is 2.43. The summed E-state index contributed by atoms with van der Waals surface area (Å²) in [5.41, 5.74) is 6.85. The Hall–Kier alpha value is -2.16.